The van der Waals surface area contributed by atoms with Crippen molar-refractivity contribution < 1.29 is 10.2 Å². The van der Waals surface area contributed by atoms with Gasteiger partial charge < -0.3 is 15.5 Å². The minimum atomic E-state index is -0.0605. The van der Waals surface area contributed by atoms with Crippen LogP contribution in [0.5, 0.6) is 11.5 Å². The fourth-order valence-corrected chi connectivity index (χ4v) is 1.09. The largest absolute Gasteiger partial charge is 0.508 e. The van der Waals surface area contributed by atoms with E-state index in [-0.39, 0.29) is 11.5 Å². The average molecular weight is 239 g/mol. The van der Waals surface area contributed by atoms with Gasteiger partial charge in [-0.05, 0) is 24.4 Å². The minimum absolute atomic E-state index is 0.00671. The number of hydrogen-bond acceptors (Lipinski definition) is 4. The van der Waals surface area contributed by atoms with Gasteiger partial charge in [0.25, 0.3) is 0 Å². The SMILES string of the molecule is C=C(NNC(=S)NC)c1ccc(O)cc1O. The van der Waals surface area contributed by atoms with Crippen LogP contribution in [-0.4, -0.2) is 22.4 Å². The Balaban J connectivity index is 2.70. The number of benzene rings is 1. The highest BCUT2D eigenvalue weighted by atomic mass is 32.1. The van der Waals surface area contributed by atoms with E-state index in [0.29, 0.717) is 16.4 Å². The molecular weight excluding hydrogens is 226 g/mol. The van der Waals surface area contributed by atoms with Crippen molar-refractivity contribution in [2.45, 2.75) is 0 Å². The molecule has 5 N–H and O–H groups in total. The van der Waals surface area contributed by atoms with Crippen LogP contribution >= 0.6 is 12.2 Å². The summed E-state index contributed by atoms with van der Waals surface area (Å²) >= 11 is 4.85. The third-order valence-electron chi connectivity index (χ3n) is 1.86. The molecule has 0 aliphatic heterocycles. The lowest BCUT2D eigenvalue weighted by molar-refractivity contribution is 0.449. The Kier molecular flexibility index (Phi) is 3.96. The lowest BCUT2D eigenvalue weighted by Gasteiger charge is -2.13. The summed E-state index contributed by atoms with van der Waals surface area (Å²) in [5.74, 6) is -0.0672. The summed E-state index contributed by atoms with van der Waals surface area (Å²) < 4.78 is 0. The molecule has 0 radical (unpaired) electrons. The zero-order valence-electron chi connectivity index (χ0n) is 8.74. The Morgan fingerprint density at radius 3 is 2.56 bits per heavy atom. The topological polar surface area (TPSA) is 76.5 Å². The van der Waals surface area contributed by atoms with Crippen LogP contribution in [0.15, 0.2) is 24.8 Å². The Bertz CT molecular complexity index is 421. The predicted octanol–water partition coefficient (Wildman–Crippen LogP) is 0.667. The van der Waals surface area contributed by atoms with Crippen molar-refractivity contribution in [1.29, 1.82) is 0 Å². The number of hydrogen-bond donors (Lipinski definition) is 5. The molecule has 0 fully saturated rings. The molecule has 1 rings (SSSR count). The average Bonchev–Trinajstić information content (AvgIpc) is 2.25. The molecule has 0 saturated heterocycles. The second-order valence-electron chi connectivity index (χ2n) is 3.01. The lowest BCUT2D eigenvalue weighted by Crippen LogP contribution is -2.41. The Labute approximate surface area is 98.8 Å². The maximum atomic E-state index is 9.55. The van der Waals surface area contributed by atoms with Crippen molar-refractivity contribution in [2.24, 2.45) is 0 Å². The molecule has 0 bridgehead atoms. The molecule has 0 unspecified atom stereocenters. The van der Waals surface area contributed by atoms with Gasteiger partial charge >= 0.3 is 0 Å². The van der Waals surface area contributed by atoms with Crippen molar-refractivity contribution in [3.8, 4) is 11.5 Å². The lowest BCUT2D eigenvalue weighted by atomic mass is 10.1. The summed E-state index contributed by atoms with van der Waals surface area (Å²) in [6.45, 7) is 3.72. The van der Waals surface area contributed by atoms with Gasteiger partial charge in [0.2, 0.25) is 0 Å². The second-order valence-corrected chi connectivity index (χ2v) is 3.42. The van der Waals surface area contributed by atoms with Gasteiger partial charge in [-0.1, -0.05) is 6.58 Å². The van der Waals surface area contributed by atoms with E-state index < -0.39 is 0 Å². The summed E-state index contributed by atoms with van der Waals surface area (Å²) in [5.41, 5.74) is 6.31. The van der Waals surface area contributed by atoms with E-state index in [4.69, 9.17) is 17.3 Å². The normalized spacial score (nSPS) is 9.31. The molecule has 0 spiro atoms. The molecule has 1 aromatic carbocycles. The van der Waals surface area contributed by atoms with Crippen LogP contribution < -0.4 is 16.2 Å². The summed E-state index contributed by atoms with van der Waals surface area (Å²) in [5, 5.41) is 21.8. The zero-order chi connectivity index (χ0) is 12.1. The maximum absolute atomic E-state index is 9.55. The quantitative estimate of drug-likeness (QED) is 0.394. The fraction of sp³-hybridized carbons (Fsp3) is 0.100. The molecule has 1 aromatic rings. The van der Waals surface area contributed by atoms with E-state index in [1.807, 2.05) is 0 Å². The molecule has 0 saturated carbocycles. The van der Waals surface area contributed by atoms with E-state index in [1.54, 1.807) is 13.1 Å². The summed E-state index contributed by atoms with van der Waals surface area (Å²) in [4.78, 5) is 0. The number of nitrogens with one attached hydrogen (secondary N) is 3. The molecule has 6 heteroatoms. The van der Waals surface area contributed by atoms with Gasteiger partial charge in [0.15, 0.2) is 5.11 Å². The first-order valence-corrected chi connectivity index (χ1v) is 4.90. The Morgan fingerprint density at radius 2 is 2.00 bits per heavy atom. The van der Waals surface area contributed by atoms with Crippen molar-refractivity contribution in [1.82, 2.24) is 16.2 Å². The van der Waals surface area contributed by atoms with Gasteiger partial charge in [0, 0.05) is 18.7 Å². The van der Waals surface area contributed by atoms with E-state index in [2.05, 4.69) is 22.7 Å². The molecular formula is C10H13N3O2S. The third-order valence-corrected chi connectivity index (χ3v) is 2.17. The summed E-state index contributed by atoms with van der Waals surface area (Å²) in [7, 11) is 1.68. The van der Waals surface area contributed by atoms with E-state index in [9.17, 15) is 5.11 Å². The number of aromatic hydroxyl groups is 2. The predicted molar refractivity (Wildman–Crippen MR) is 66.7 cm³/mol. The Hall–Kier alpha value is -1.95. The van der Waals surface area contributed by atoms with Crippen LogP contribution in [0.2, 0.25) is 0 Å². The van der Waals surface area contributed by atoms with Crippen LogP contribution in [-0.2, 0) is 0 Å². The van der Waals surface area contributed by atoms with Gasteiger partial charge in [-0.25, -0.2) is 0 Å². The van der Waals surface area contributed by atoms with Crippen molar-refractivity contribution >= 4 is 23.0 Å². The van der Waals surface area contributed by atoms with Crippen LogP contribution in [0.1, 0.15) is 5.56 Å². The standard InChI is InChI=1S/C10H13N3O2S/c1-6(12-13-10(16)11-2)8-4-3-7(14)5-9(8)15/h3-5,12,14-15H,1H2,2H3,(H2,11,13,16). The highest BCUT2D eigenvalue weighted by Crippen LogP contribution is 2.26. The molecule has 0 amide bonds. The van der Waals surface area contributed by atoms with Crippen molar-refractivity contribution in [3.63, 3.8) is 0 Å². The molecule has 86 valence electrons. The van der Waals surface area contributed by atoms with E-state index in [0.717, 1.165) is 0 Å². The second kappa shape index (κ2) is 5.22. The Morgan fingerprint density at radius 1 is 1.31 bits per heavy atom. The molecule has 0 heterocycles. The first-order chi connectivity index (χ1) is 7.54. The fourth-order valence-electron chi connectivity index (χ4n) is 1.04. The molecule has 16 heavy (non-hydrogen) atoms. The molecule has 5 nitrogen and oxygen atoms in total. The van der Waals surface area contributed by atoms with Gasteiger partial charge in [-0.15, -0.1) is 0 Å². The van der Waals surface area contributed by atoms with Crippen LogP contribution in [0.25, 0.3) is 5.70 Å². The number of phenols is 2. The van der Waals surface area contributed by atoms with Gasteiger partial charge in [-0.2, -0.15) is 0 Å². The van der Waals surface area contributed by atoms with E-state index in [1.165, 1.54) is 12.1 Å². The number of thiocarbonyl (C=S) groups is 1. The molecule has 0 aliphatic carbocycles. The number of rotatable bonds is 3. The van der Waals surface area contributed by atoms with Gasteiger partial charge in [0.05, 0.1) is 5.70 Å². The number of hydrazine groups is 1. The maximum Gasteiger partial charge on any atom is 0.184 e. The van der Waals surface area contributed by atoms with Crippen LogP contribution in [0.4, 0.5) is 0 Å². The van der Waals surface area contributed by atoms with Crippen LogP contribution in [0.3, 0.4) is 0 Å². The summed E-state index contributed by atoms with van der Waals surface area (Å²) in [6, 6.07) is 4.24. The molecule has 0 aliphatic rings. The van der Waals surface area contributed by atoms with Crippen LogP contribution in [0, 0.1) is 0 Å². The van der Waals surface area contributed by atoms with Crippen molar-refractivity contribution in [3.05, 3.63) is 30.3 Å². The zero-order valence-corrected chi connectivity index (χ0v) is 9.56. The molecule has 0 aromatic heterocycles. The summed E-state index contributed by atoms with van der Waals surface area (Å²) in [6.07, 6.45) is 0. The van der Waals surface area contributed by atoms with E-state index >= 15 is 0 Å². The third kappa shape index (κ3) is 3.03. The smallest absolute Gasteiger partial charge is 0.184 e. The first-order valence-electron chi connectivity index (χ1n) is 4.49. The number of phenolic OH excluding ortho intramolecular Hbond substituents is 2. The highest BCUT2D eigenvalue weighted by Gasteiger charge is 2.05. The van der Waals surface area contributed by atoms with Gasteiger partial charge in [-0.3, -0.25) is 10.9 Å². The first kappa shape index (κ1) is 12.1. The van der Waals surface area contributed by atoms with Gasteiger partial charge in [0.1, 0.15) is 11.5 Å². The monoisotopic (exact) mass is 239 g/mol. The highest BCUT2D eigenvalue weighted by molar-refractivity contribution is 7.80. The molecule has 0 atom stereocenters. The minimum Gasteiger partial charge on any atom is -0.508 e. The van der Waals surface area contributed by atoms with Crippen molar-refractivity contribution in [2.75, 3.05) is 7.05 Å².